The second kappa shape index (κ2) is 7.38. The van der Waals surface area contributed by atoms with Crippen molar-refractivity contribution in [2.24, 2.45) is 0 Å². The van der Waals surface area contributed by atoms with Crippen molar-refractivity contribution in [2.75, 3.05) is 32.0 Å². The van der Waals surface area contributed by atoms with E-state index in [0.717, 1.165) is 6.42 Å². The molecule has 1 aliphatic rings. The van der Waals surface area contributed by atoms with Crippen LogP contribution in [0.1, 0.15) is 18.9 Å². The molecule has 0 saturated carbocycles. The van der Waals surface area contributed by atoms with E-state index in [1.807, 2.05) is 11.8 Å². The van der Waals surface area contributed by atoms with Crippen LogP contribution in [0.15, 0.2) is 18.2 Å². The van der Waals surface area contributed by atoms with Crippen molar-refractivity contribution in [1.29, 1.82) is 0 Å². The summed E-state index contributed by atoms with van der Waals surface area (Å²) in [6.45, 7) is 4.63. The highest BCUT2D eigenvalue weighted by molar-refractivity contribution is 5.82. The largest absolute Gasteiger partial charge is 0.398 e. The van der Waals surface area contributed by atoms with Crippen molar-refractivity contribution in [2.45, 2.75) is 25.9 Å². The molecule has 1 amide bonds. The molecule has 2 rings (SSSR count). The third-order valence-electron chi connectivity index (χ3n) is 3.57. The quantitative estimate of drug-likeness (QED) is 0.799. The summed E-state index contributed by atoms with van der Waals surface area (Å²) in [4.78, 5) is 14.2. The molecule has 1 heterocycles. The van der Waals surface area contributed by atoms with Crippen LogP contribution in [0, 0.1) is 5.82 Å². The SMILES string of the molecule is CCCNC(=O)C1COCCN1Cc1cc(F)ccc1N. The average molecular weight is 295 g/mol. The fourth-order valence-corrected chi connectivity index (χ4v) is 2.36. The molecular formula is C15H22FN3O2. The molecule has 21 heavy (non-hydrogen) atoms. The number of nitrogens with two attached hydrogens (primary N) is 1. The molecule has 1 unspecified atom stereocenters. The number of rotatable bonds is 5. The Kier molecular flexibility index (Phi) is 5.52. The van der Waals surface area contributed by atoms with Crippen molar-refractivity contribution >= 4 is 11.6 Å². The zero-order chi connectivity index (χ0) is 15.2. The smallest absolute Gasteiger partial charge is 0.239 e. The van der Waals surface area contributed by atoms with Gasteiger partial charge in [-0.2, -0.15) is 0 Å². The minimum absolute atomic E-state index is 0.0495. The van der Waals surface area contributed by atoms with E-state index in [4.69, 9.17) is 10.5 Å². The predicted octanol–water partition coefficient (Wildman–Crippen LogP) is 1.13. The molecule has 0 bridgehead atoms. The summed E-state index contributed by atoms with van der Waals surface area (Å²) in [5.74, 6) is -0.369. The number of halogens is 1. The second-order valence-electron chi connectivity index (χ2n) is 5.20. The monoisotopic (exact) mass is 295 g/mol. The average Bonchev–Trinajstić information content (AvgIpc) is 2.49. The first-order valence-electron chi connectivity index (χ1n) is 7.25. The van der Waals surface area contributed by atoms with Gasteiger partial charge in [0.25, 0.3) is 0 Å². The Labute approximate surface area is 124 Å². The summed E-state index contributed by atoms with van der Waals surface area (Å²) in [6.07, 6.45) is 0.885. The van der Waals surface area contributed by atoms with Crippen LogP contribution >= 0.6 is 0 Å². The Bertz CT molecular complexity index is 496. The standard InChI is InChI=1S/C15H22FN3O2/c1-2-5-18-15(20)14-10-21-7-6-19(14)9-11-8-12(16)3-4-13(11)17/h3-4,8,14H,2,5-7,9-10,17H2,1H3,(H,18,20). The van der Waals surface area contributed by atoms with Crippen molar-refractivity contribution in [3.05, 3.63) is 29.6 Å². The Morgan fingerprint density at radius 3 is 3.14 bits per heavy atom. The molecule has 5 nitrogen and oxygen atoms in total. The van der Waals surface area contributed by atoms with Gasteiger partial charge < -0.3 is 15.8 Å². The van der Waals surface area contributed by atoms with Gasteiger partial charge in [0.15, 0.2) is 0 Å². The summed E-state index contributed by atoms with van der Waals surface area (Å²) in [5.41, 5.74) is 7.12. The first kappa shape index (κ1) is 15.7. The number of nitrogen functional groups attached to an aromatic ring is 1. The number of anilines is 1. The maximum Gasteiger partial charge on any atom is 0.239 e. The summed E-state index contributed by atoms with van der Waals surface area (Å²) in [7, 11) is 0. The van der Waals surface area contributed by atoms with Crippen LogP contribution < -0.4 is 11.1 Å². The molecule has 1 aromatic carbocycles. The normalized spacial score (nSPS) is 19.4. The Morgan fingerprint density at radius 1 is 1.57 bits per heavy atom. The fraction of sp³-hybridized carbons (Fsp3) is 0.533. The zero-order valence-corrected chi connectivity index (χ0v) is 12.3. The number of benzene rings is 1. The minimum Gasteiger partial charge on any atom is -0.398 e. The summed E-state index contributed by atoms with van der Waals surface area (Å²) in [6, 6.07) is 3.96. The fourth-order valence-electron chi connectivity index (χ4n) is 2.36. The lowest BCUT2D eigenvalue weighted by Gasteiger charge is -2.34. The van der Waals surface area contributed by atoms with Crippen LogP contribution in [-0.4, -0.2) is 43.2 Å². The maximum absolute atomic E-state index is 13.3. The van der Waals surface area contributed by atoms with Crippen molar-refractivity contribution in [3.63, 3.8) is 0 Å². The molecular weight excluding hydrogens is 273 g/mol. The molecule has 1 atom stereocenters. The minimum atomic E-state index is -0.354. The number of hydrogen-bond donors (Lipinski definition) is 2. The van der Waals surface area contributed by atoms with Crippen LogP contribution in [0.3, 0.4) is 0 Å². The topological polar surface area (TPSA) is 67.6 Å². The van der Waals surface area contributed by atoms with Crippen LogP contribution in [0.5, 0.6) is 0 Å². The molecule has 0 spiro atoms. The van der Waals surface area contributed by atoms with Gasteiger partial charge in [-0.05, 0) is 30.2 Å². The molecule has 1 aromatic rings. The number of carbonyl (C=O) groups excluding carboxylic acids is 1. The molecule has 1 aliphatic heterocycles. The van der Waals surface area contributed by atoms with E-state index in [2.05, 4.69) is 5.32 Å². The van der Waals surface area contributed by atoms with Crippen molar-refractivity contribution in [3.8, 4) is 0 Å². The molecule has 1 saturated heterocycles. The first-order valence-corrected chi connectivity index (χ1v) is 7.25. The number of amides is 1. The molecule has 6 heteroatoms. The number of nitrogens with one attached hydrogen (secondary N) is 1. The Balaban J connectivity index is 2.08. The summed E-state index contributed by atoms with van der Waals surface area (Å²) in [5, 5.41) is 2.88. The third-order valence-corrected chi connectivity index (χ3v) is 3.57. The van der Waals surface area contributed by atoms with Gasteiger partial charge in [0.1, 0.15) is 11.9 Å². The maximum atomic E-state index is 13.3. The van der Waals surface area contributed by atoms with Crippen LogP contribution in [0.25, 0.3) is 0 Å². The Hall–Kier alpha value is -1.66. The van der Waals surface area contributed by atoms with Gasteiger partial charge in [-0.15, -0.1) is 0 Å². The first-order chi connectivity index (χ1) is 10.1. The lowest BCUT2D eigenvalue weighted by atomic mass is 10.1. The van der Waals surface area contributed by atoms with Gasteiger partial charge in [0.2, 0.25) is 5.91 Å². The van der Waals surface area contributed by atoms with Crippen LogP contribution in [0.2, 0.25) is 0 Å². The van der Waals surface area contributed by atoms with E-state index in [-0.39, 0.29) is 17.8 Å². The van der Waals surface area contributed by atoms with Gasteiger partial charge >= 0.3 is 0 Å². The van der Waals surface area contributed by atoms with E-state index in [0.29, 0.717) is 44.1 Å². The van der Waals surface area contributed by atoms with E-state index in [1.54, 1.807) is 6.07 Å². The summed E-state index contributed by atoms with van der Waals surface area (Å²) < 4.78 is 18.7. The van der Waals surface area contributed by atoms with E-state index in [9.17, 15) is 9.18 Å². The van der Waals surface area contributed by atoms with Gasteiger partial charge in [-0.3, -0.25) is 9.69 Å². The highest BCUT2D eigenvalue weighted by Gasteiger charge is 2.29. The lowest BCUT2D eigenvalue weighted by Crippen LogP contribution is -2.53. The van der Waals surface area contributed by atoms with E-state index in [1.165, 1.54) is 12.1 Å². The van der Waals surface area contributed by atoms with Crippen molar-refractivity contribution in [1.82, 2.24) is 10.2 Å². The second-order valence-corrected chi connectivity index (χ2v) is 5.20. The third kappa shape index (κ3) is 4.15. The molecule has 0 aliphatic carbocycles. The zero-order valence-electron chi connectivity index (χ0n) is 12.3. The summed E-state index contributed by atoms with van der Waals surface area (Å²) >= 11 is 0. The van der Waals surface area contributed by atoms with E-state index >= 15 is 0 Å². The molecule has 0 aromatic heterocycles. The van der Waals surface area contributed by atoms with Gasteiger partial charge in [0.05, 0.1) is 13.2 Å². The number of carbonyl (C=O) groups is 1. The predicted molar refractivity (Wildman–Crippen MR) is 79.1 cm³/mol. The highest BCUT2D eigenvalue weighted by atomic mass is 19.1. The number of ether oxygens (including phenoxy) is 1. The van der Waals surface area contributed by atoms with E-state index < -0.39 is 0 Å². The lowest BCUT2D eigenvalue weighted by molar-refractivity contribution is -0.132. The number of nitrogens with zero attached hydrogens (tertiary/aromatic N) is 1. The Morgan fingerprint density at radius 2 is 2.38 bits per heavy atom. The molecule has 3 N–H and O–H groups in total. The number of morpholine rings is 1. The number of hydrogen-bond acceptors (Lipinski definition) is 4. The highest BCUT2D eigenvalue weighted by Crippen LogP contribution is 2.18. The molecule has 116 valence electrons. The molecule has 0 radical (unpaired) electrons. The van der Waals surface area contributed by atoms with Gasteiger partial charge in [0, 0.05) is 25.3 Å². The van der Waals surface area contributed by atoms with Gasteiger partial charge in [-0.25, -0.2) is 4.39 Å². The van der Waals surface area contributed by atoms with Crippen LogP contribution in [0.4, 0.5) is 10.1 Å². The van der Waals surface area contributed by atoms with Crippen LogP contribution in [-0.2, 0) is 16.1 Å². The van der Waals surface area contributed by atoms with Gasteiger partial charge in [-0.1, -0.05) is 6.92 Å². The molecule has 1 fully saturated rings. The van der Waals surface area contributed by atoms with Crippen molar-refractivity contribution < 1.29 is 13.9 Å².